The van der Waals surface area contributed by atoms with Crippen molar-refractivity contribution < 1.29 is 14.3 Å². The van der Waals surface area contributed by atoms with E-state index >= 15 is 0 Å². The highest BCUT2D eigenvalue weighted by atomic mass is 32.1. The largest absolute Gasteiger partial charge is 0.496 e. The lowest BCUT2D eigenvalue weighted by atomic mass is 10.1. The van der Waals surface area contributed by atoms with E-state index in [0.29, 0.717) is 18.3 Å². The SMILES string of the molecule is COc1ccccc1/C=C/C(=O)NC(=S)Nc1ccc(OCCC(C)C)cc1. The number of carbonyl (C=O) groups is 1. The molecule has 0 radical (unpaired) electrons. The van der Waals surface area contributed by atoms with Gasteiger partial charge in [0.1, 0.15) is 11.5 Å². The van der Waals surface area contributed by atoms with Gasteiger partial charge in [0.2, 0.25) is 5.91 Å². The van der Waals surface area contributed by atoms with Crippen molar-refractivity contribution in [3.05, 3.63) is 60.2 Å². The molecule has 0 unspecified atom stereocenters. The van der Waals surface area contributed by atoms with Gasteiger partial charge in [0.15, 0.2) is 5.11 Å². The summed E-state index contributed by atoms with van der Waals surface area (Å²) in [5.74, 6) is 1.79. The lowest BCUT2D eigenvalue weighted by Gasteiger charge is -2.10. The van der Waals surface area contributed by atoms with E-state index in [2.05, 4.69) is 24.5 Å². The normalized spacial score (nSPS) is 10.7. The number of carbonyl (C=O) groups excluding carboxylic acids is 1. The number of hydrogen-bond donors (Lipinski definition) is 2. The van der Waals surface area contributed by atoms with Gasteiger partial charge in [-0.2, -0.15) is 0 Å². The Balaban J connectivity index is 1.82. The minimum absolute atomic E-state index is 0.225. The van der Waals surface area contributed by atoms with E-state index in [4.69, 9.17) is 21.7 Å². The Labute approximate surface area is 171 Å². The van der Waals surface area contributed by atoms with Crippen LogP contribution in [0.2, 0.25) is 0 Å². The summed E-state index contributed by atoms with van der Waals surface area (Å²) in [6, 6.07) is 14.9. The summed E-state index contributed by atoms with van der Waals surface area (Å²) in [7, 11) is 1.59. The molecule has 0 saturated heterocycles. The molecule has 6 heteroatoms. The maximum absolute atomic E-state index is 12.1. The molecular weight excluding hydrogens is 372 g/mol. The van der Waals surface area contributed by atoms with Crippen LogP contribution in [0.25, 0.3) is 6.08 Å². The van der Waals surface area contributed by atoms with E-state index in [1.54, 1.807) is 13.2 Å². The summed E-state index contributed by atoms with van der Waals surface area (Å²) in [5, 5.41) is 5.83. The lowest BCUT2D eigenvalue weighted by Crippen LogP contribution is -2.32. The summed E-state index contributed by atoms with van der Waals surface area (Å²) >= 11 is 5.19. The van der Waals surface area contributed by atoms with Gasteiger partial charge in [-0.25, -0.2) is 0 Å². The zero-order valence-corrected chi connectivity index (χ0v) is 17.2. The van der Waals surface area contributed by atoms with Gasteiger partial charge >= 0.3 is 0 Å². The van der Waals surface area contributed by atoms with Crippen LogP contribution in [-0.4, -0.2) is 24.7 Å². The molecule has 1 amide bonds. The summed E-state index contributed by atoms with van der Waals surface area (Å²) in [5.41, 5.74) is 1.59. The fourth-order valence-electron chi connectivity index (χ4n) is 2.33. The van der Waals surface area contributed by atoms with Gasteiger partial charge in [-0.1, -0.05) is 32.0 Å². The maximum Gasteiger partial charge on any atom is 0.250 e. The van der Waals surface area contributed by atoms with Gasteiger partial charge in [0, 0.05) is 17.3 Å². The van der Waals surface area contributed by atoms with Crippen LogP contribution < -0.4 is 20.1 Å². The second kappa shape index (κ2) is 11.1. The predicted octanol–water partition coefficient (Wildman–Crippen LogP) is 4.65. The number of anilines is 1. The Morgan fingerprint density at radius 1 is 1.14 bits per heavy atom. The van der Waals surface area contributed by atoms with Gasteiger partial charge in [-0.05, 0) is 61.0 Å². The molecule has 0 aliphatic rings. The van der Waals surface area contributed by atoms with E-state index in [0.717, 1.165) is 23.4 Å². The average molecular weight is 399 g/mol. The number of nitrogens with one attached hydrogen (secondary N) is 2. The first kappa shape index (κ1) is 21.4. The molecule has 0 bridgehead atoms. The van der Waals surface area contributed by atoms with E-state index in [9.17, 15) is 4.79 Å². The molecule has 0 aliphatic carbocycles. The molecule has 2 rings (SSSR count). The molecule has 148 valence electrons. The fourth-order valence-corrected chi connectivity index (χ4v) is 2.55. The minimum atomic E-state index is -0.322. The standard InChI is InChI=1S/C22H26N2O3S/c1-16(2)14-15-27-19-11-9-18(10-12-19)23-22(28)24-21(25)13-8-17-6-4-5-7-20(17)26-3/h4-13,16H,14-15H2,1-3H3,(H2,23,24,25,28)/b13-8+. The summed E-state index contributed by atoms with van der Waals surface area (Å²) in [4.78, 5) is 12.1. The quantitative estimate of drug-likeness (QED) is 0.501. The molecule has 0 spiro atoms. The van der Waals surface area contributed by atoms with Crippen molar-refractivity contribution >= 4 is 35.0 Å². The number of amides is 1. The Morgan fingerprint density at radius 2 is 1.86 bits per heavy atom. The molecule has 2 aromatic rings. The number of para-hydroxylation sites is 1. The molecule has 0 aliphatic heterocycles. The predicted molar refractivity (Wildman–Crippen MR) is 118 cm³/mol. The van der Waals surface area contributed by atoms with Gasteiger partial charge in [-0.15, -0.1) is 0 Å². The van der Waals surface area contributed by atoms with Crippen molar-refractivity contribution in [1.29, 1.82) is 0 Å². The minimum Gasteiger partial charge on any atom is -0.496 e. The molecule has 2 aromatic carbocycles. The highest BCUT2D eigenvalue weighted by Crippen LogP contribution is 2.18. The molecular formula is C22H26N2O3S. The Kier molecular flexibility index (Phi) is 8.49. The van der Waals surface area contributed by atoms with E-state index in [1.807, 2.05) is 48.5 Å². The monoisotopic (exact) mass is 398 g/mol. The first-order chi connectivity index (χ1) is 13.5. The van der Waals surface area contributed by atoms with Crippen LogP contribution in [-0.2, 0) is 4.79 Å². The summed E-state index contributed by atoms with van der Waals surface area (Å²) in [6.45, 7) is 5.02. The van der Waals surface area contributed by atoms with Gasteiger partial charge in [0.05, 0.1) is 13.7 Å². The zero-order valence-electron chi connectivity index (χ0n) is 16.4. The smallest absolute Gasteiger partial charge is 0.250 e. The van der Waals surface area contributed by atoms with E-state index in [1.165, 1.54) is 6.08 Å². The van der Waals surface area contributed by atoms with Crippen molar-refractivity contribution in [3.63, 3.8) is 0 Å². The molecule has 0 atom stereocenters. The number of rotatable bonds is 8. The second-order valence-corrected chi connectivity index (χ2v) is 6.98. The molecule has 5 nitrogen and oxygen atoms in total. The van der Waals surface area contributed by atoms with Crippen molar-refractivity contribution in [3.8, 4) is 11.5 Å². The number of thiocarbonyl (C=S) groups is 1. The number of ether oxygens (including phenoxy) is 2. The van der Waals surface area contributed by atoms with Crippen LogP contribution in [0.5, 0.6) is 11.5 Å². The van der Waals surface area contributed by atoms with Crippen LogP contribution >= 0.6 is 12.2 Å². The average Bonchev–Trinajstić information content (AvgIpc) is 2.67. The van der Waals surface area contributed by atoms with Crippen molar-refractivity contribution in [2.45, 2.75) is 20.3 Å². The topological polar surface area (TPSA) is 59.6 Å². The lowest BCUT2D eigenvalue weighted by molar-refractivity contribution is -0.115. The highest BCUT2D eigenvalue weighted by Gasteiger charge is 2.04. The molecule has 0 saturated carbocycles. The van der Waals surface area contributed by atoms with E-state index in [-0.39, 0.29) is 11.0 Å². The van der Waals surface area contributed by atoms with Crippen LogP contribution in [0.1, 0.15) is 25.8 Å². The number of benzene rings is 2. The van der Waals surface area contributed by atoms with Crippen LogP contribution in [0.3, 0.4) is 0 Å². The maximum atomic E-state index is 12.1. The fraction of sp³-hybridized carbons (Fsp3) is 0.273. The third-order valence-corrected chi connectivity index (χ3v) is 4.07. The van der Waals surface area contributed by atoms with Gasteiger partial charge in [-0.3, -0.25) is 10.1 Å². The first-order valence-electron chi connectivity index (χ1n) is 9.14. The third kappa shape index (κ3) is 7.40. The van der Waals surface area contributed by atoms with Crippen molar-refractivity contribution in [1.82, 2.24) is 5.32 Å². The third-order valence-electron chi connectivity index (χ3n) is 3.87. The Bertz CT molecular complexity index is 817. The molecule has 28 heavy (non-hydrogen) atoms. The van der Waals surface area contributed by atoms with Gasteiger partial charge in [0.25, 0.3) is 0 Å². The molecule has 0 heterocycles. The van der Waals surface area contributed by atoms with Crippen LogP contribution in [0.15, 0.2) is 54.6 Å². The van der Waals surface area contributed by atoms with Crippen molar-refractivity contribution in [2.24, 2.45) is 5.92 Å². The number of methoxy groups -OCH3 is 1. The first-order valence-corrected chi connectivity index (χ1v) is 9.54. The Morgan fingerprint density at radius 3 is 2.54 bits per heavy atom. The zero-order chi connectivity index (χ0) is 20.4. The molecule has 0 fully saturated rings. The van der Waals surface area contributed by atoms with Crippen LogP contribution in [0.4, 0.5) is 5.69 Å². The van der Waals surface area contributed by atoms with Gasteiger partial charge < -0.3 is 14.8 Å². The Hall–Kier alpha value is -2.86. The highest BCUT2D eigenvalue weighted by molar-refractivity contribution is 7.80. The van der Waals surface area contributed by atoms with E-state index < -0.39 is 0 Å². The van der Waals surface area contributed by atoms with Crippen molar-refractivity contribution in [2.75, 3.05) is 19.0 Å². The molecule has 0 aromatic heterocycles. The number of hydrogen-bond acceptors (Lipinski definition) is 4. The summed E-state index contributed by atoms with van der Waals surface area (Å²) in [6.07, 6.45) is 4.11. The molecule has 2 N–H and O–H groups in total. The summed E-state index contributed by atoms with van der Waals surface area (Å²) < 4.78 is 10.9. The second-order valence-electron chi connectivity index (χ2n) is 6.57. The van der Waals surface area contributed by atoms with Crippen LogP contribution in [0, 0.1) is 5.92 Å².